The molecule has 1 aromatic carbocycles. The van der Waals surface area contributed by atoms with Gasteiger partial charge in [-0.2, -0.15) is 0 Å². The number of alkyl halides is 1. The molecule has 156 valence electrons. The van der Waals surface area contributed by atoms with Crippen LogP contribution in [0.25, 0.3) is 0 Å². The molecule has 1 amide bonds. The third-order valence-electron chi connectivity index (χ3n) is 6.92. The topological polar surface area (TPSA) is 73.9 Å². The SMILES string of the molecule is O=C(COC(=O)CC12C[C@H]3C[C@@H](CC(Br)(C3)C1)C2)NCc1ccc2c(c1)OCO2. The van der Waals surface area contributed by atoms with Crippen LogP contribution in [0.5, 0.6) is 11.5 Å². The van der Waals surface area contributed by atoms with E-state index in [9.17, 15) is 9.59 Å². The first-order valence-corrected chi connectivity index (χ1v) is 11.2. The lowest BCUT2D eigenvalue weighted by Gasteiger charge is -2.60. The Labute approximate surface area is 178 Å². The Balaban J connectivity index is 1.09. The summed E-state index contributed by atoms with van der Waals surface area (Å²) in [6, 6.07) is 5.55. The van der Waals surface area contributed by atoms with E-state index in [1.807, 2.05) is 18.2 Å². The van der Waals surface area contributed by atoms with Crippen LogP contribution in [-0.4, -0.2) is 29.6 Å². The second kappa shape index (κ2) is 7.18. The lowest BCUT2D eigenvalue weighted by Crippen LogP contribution is -2.53. The fraction of sp³-hybridized carbons (Fsp3) is 0.636. The summed E-state index contributed by atoms with van der Waals surface area (Å²) >= 11 is 3.97. The van der Waals surface area contributed by atoms with Gasteiger partial charge in [-0.05, 0) is 73.5 Å². The number of ether oxygens (including phenoxy) is 3. The zero-order valence-electron chi connectivity index (χ0n) is 16.4. The molecule has 2 atom stereocenters. The molecule has 1 N–H and O–H groups in total. The molecule has 6 rings (SSSR count). The number of hydrogen-bond donors (Lipinski definition) is 1. The average Bonchev–Trinajstić information content (AvgIpc) is 3.10. The molecule has 1 heterocycles. The molecule has 29 heavy (non-hydrogen) atoms. The van der Waals surface area contributed by atoms with Gasteiger partial charge in [0.05, 0.1) is 6.42 Å². The van der Waals surface area contributed by atoms with E-state index in [-0.39, 0.29) is 35.0 Å². The van der Waals surface area contributed by atoms with Gasteiger partial charge in [0.2, 0.25) is 6.79 Å². The van der Waals surface area contributed by atoms with Crippen molar-refractivity contribution < 1.29 is 23.8 Å². The van der Waals surface area contributed by atoms with Gasteiger partial charge in [0.15, 0.2) is 18.1 Å². The summed E-state index contributed by atoms with van der Waals surface area (Å²) in [5.74, 6) is 2.31. The minimum Gasteiger partial charge on any atom is -0.456 e. The van der Waals surface area contributed by atoms with Crippen molar-refractivity contribution in [2.75, 3.05) is 13.4 Å². The molecule has 4 aliphatic carbocycles. The highest BCUT2D eigenvalue weighted by molar-refractivity contribution is 9.10. The third-order valence-corrected chi connectivity index (χ3v) is 7.85. The molecule has 4 fully saturated rings. The largest absolute Gasteiger partial charge is 0.456 e. The summed E-state index contributed by atoms with van der Waals surface area (Å²) < 4.78 is 16.2. The number of halogens is 1. The first-order valence-electron chi connectivity index (χ1n) is 10.4. The van der Waals surface area contributed by atoms with Gasteiger partial charge >= 0.3 is 5.97 Å². The van der Waals surface area contributed by atoms with Gasteiger partial charge in [-0.15, -0.1) is 0 Å². The van der Waals surface area contributed by atoms with Crippen molar-refractivity contribution in [3.05, 3.63) is 23.8 Å². The molecule has 1 aromatic rings. The number of rotatable bonds is 6. The zero-order chi connectivity index (χ0) is 20.1. The minimum absolute atomic E-state index is 0.0631. The number of carbonyl (C=O) groups is 2. The first kappa shape index (κ1) is 19.2. The quantitative estimate of drug-likeness (QED) is 0.514. The average molecular weight is 464 g/mol. The molecular weight excluding hydrogens is 438 g/mol. The molecular formula is C22H26BrNO5. The maximum Gasteiger partial charge on any atom is 0.306 e. The number of carbonyl (C=O) groups excluding carboxylic acids is 2. The number of hydrogen-bond acceptors (Lipinski definition) is 5. The molecule has 0 spiro atoms. The van der Waals surface area contributed by atoms with Gasteiger partial charge in [-0.1, -0.05) is 22.0 Å². The van der Waals surface area contributed by atoms with Crippen molar-refractivity contribution in [1.82, 2.24) is 5.32 Å². The van der Waals surface area contributed by atoms with E-state index in [1.165, 1.54) is 19.3 Å². The maximum atomic E-state index is 12.5. The van der Waals surface area contributed by atoms with Crippen molar-refractivity contribution in [3.63, 3.8) is 0 Å². The van der Waals surface area contributed by atoms with Gasteiger partial charge in [-0.3, -0.25) is 9.59 Å². The molecule has 5 aliphatic rings. The third kappa shape index (κ3) is 3.98. The van der Waals surface area contributed by atoms with Crippen molar-refractivity contribution in [2.45, 2.75) is 55.8 Å². The van der Waals surface area contributed by atoms with Crippen molar-refractivity contribution in [2.24, 2.45) is 17.3 Å². The number of fused-ring (bicyclic) bond motifs is 1. The predicted octanol–water partition coefficient (Wildman–Crippen LogP) is 3.70. The van der Waals surface area contributed by atoms with E-state index in [1.54, 1.807) is 0 Å². The summed E-state index contributed by atoms with van der Waals surface area (Å²) in [6.07, 6.45) is 7.53. The molecule has 0 radical (unpaired) electrons. The van der Waals surface area contributed by atoms with E-state index >= 15 is 0 Å². The van der Waals surface area contributed by atoms with Crippen LogP contribution < -0.4 is 14.8 Å². The number of esters is 1. The molecule has 6 nitrogen and oxygen atoms in total. The second-order valence-corrected chi connectivity index (χ2v) is 11.1. The summed E-state index contributed by atoms with van der Waals surface area (Å²) in [7, 11) is 0. The van der Waals surface area contributed by atoms with Crippen LogP contribution in [0.4, 0.5) is 0 Å². The Morgan fingerprint density at radius 2 is 1.90 bits per heavy atom. The fourth-order valence-corrected chi connectivity index (χ4v) is 7.86. The maximum absolute atomic E-state index is 12.5. The van der Waals surface area contributed by atoms with E-state index in [0.29, 0.717) is 24.5 Å². The summed E-state index contributed by atoms with van der Waals surface area (Å²) in [4.78, 5) is 24.6. The Morgan fingerprint density at radius 3 is 2.66 bits per heavy atom. The molecule has 4 bridgehead atoms. The van der Waals surface area contributed by atoms with Crippen LogP contribution in [0.3, 0.4) is 0 Å². The lowest BCUT2D eigenvalue weighted by atomic mass is 9.49. The first-order chi connectivity index (χ1) is 13.9. The normalized spacial score (nSPS) is 33.6. The smallest absolute Gasteiger partial charge is 0.306 e. The Bertz CT molecular complexity index is 826. The van der Waals surface area contributed by atoms with Gasteiger partial charge in [0.1, 0.15) is 0 Å². The van der Waals surface area contributed by atoms with Crippen LogP contribution in [0.1, 0.15) is 50.5 Å². The van der Waals surface area contributed by atoms with E-state index in [2.05, 4.69) is 21.2 Å². The number of benzene rings is 1. The van der Waals surface area contributed by atoms with Crippen LogP contribution in [0, 0.1) is 17.3 Å². The molecule has 0 aromatic heterocycles. The van der Waals surface area contributed by atoms with Gasteiger partial charge in [0, 0.05) is 10.9 Å². The van der Waals surface area contributed by atoms with Crippen LogP contribution in [0.15, 0.2) is 18.2 Å². The van der Waals surface area contributed by atoms with Gasteiger partial charge in [0.25, 0.3) is 5.91 Å². The van der Waals surface area contributed by atoms with Crippen molar-refractivity contribution >= 4 is 27.8 Å². The van der Waals surface area contributed by atoms with Gasteiger partial charge < -0.3 is 19.5 Å². The second-order valence-electron chi connectivity index (χ2n) is 9.41. The summed E-state index contributed by atoms with van der Waals surface area (Å²) in [5, 5.41) is 2.79. The molecule has 1 aliphatic heterocycles. The standard InChI is InChI=1S/C22H26BrNO5/c23-22-7-15-3-16(8-22)6-21(5-15,12-22)9-20(26)27-11-19(25)24-10-14-1-2-17-18(4-14)29-13-28-17/h1-2,4,15-16H,3,5-13H2,(H,24,25)/t15-,16-,21?,22?/m1/s1. The highest BCUT2D eigenvalue weighted by Crippen LogP contribution is 2.65. The van der Waals surface area contributed by atoms with Crippen LogP contribution >= 0.6 is 15.9 Å². The van der Waals surface area contributed by atoms with Crippen LogP contribution in [0.2, 0.25) is 0 Å². The van der Waals surface area contributed by atoms with E-state index in [4.69, 9.17) is 14.2 Å². The lowest BCUT2D eigenvalue weighted by molar-refractivity contribution is -0.154. The predicted molar refractivity (Wildman–Crippen MR) is 109 cm³/mol. The van der Waals surface area contributed by atoms with Crippen molar-refractivity contribution in [3.8, 4) is 11.5 Å². The summed E-state index contributed by atoms with van der Waals surface area (Å²) in [5.41, 5.74) is 0.971. The monoisotopic (exact) mass is 463 g/mol. The number of amides is 1. The molecule has 4 saturated carbocycles. The fourth-order valence-electron chi connectivity index (χ4n) is 6.35. The van der Waals surface area contributed by atoms with E-state index in [0.717, 1.165) is 36.7 Å². The Hall–Kier alpha value is -1.76. The highest BCUT2D eigenvalue weighted by atomic mass is 79.9. The minimum atomic E-state index is -0.293. The highest BCUT2D eigenvalue weighted by Gasteiger charge is 2.57. The Kier molecular flexibility index (Phi) is 4.76. The van der Waals surface area contributed by atoms with Crippen molar-refractivity contribution in [1.29, 1.82) is 0 Å². The van der Waals surface area contributed by atoms with Gasteiger partial charge in [-0.25, -0.2) is 0 Å². The van der Waals surface area contributed by atoms with Crippen LogP contribution in [-0.2, 0) is 20.9 Å². The molecule has 0 saturated heterocycles. The molecule has 0 unspecified atom stereocenters. The zero-order valence-corrected chi connectivity index (χ0v) is 18.0. The van der Waals surface area contributed by atoms with E-state index < -0.39 is 0 Å². The molecule has 7 heteroatoms. The summed E-state index contributed by atoms with van der Waals surface area (Å²) in [6.45, 7) is 0.346. The number of nitrogens with one attached hydrogen (secondary N) is 1. The Morgan fingerprint density at radius 1 is 1.14 bits per heavy atom.